The minimum Gasteiger partial charge on any atom is -0.496 e. The Bertz CT molecular complexity index is 1140. The lowest BCUT2D eigenvalue weighted by Gasteiger charge is -2.19. The average Bonchev–Trinajstić information content (AvgIpc) is 2.75. The number of ether oxygens (including phenoxy) is 1. The van der Waals surface area contributed by atoms with Gasteiger partial charge in [-0.2, -0.15) is 5.10 Å². The molecule has 160 valence electrons. The van der Waals surface area contributed by atoms with Crippen LogP contribution in [-0.4, -0.2) is 23.8 Å². The minimum atomic E-state index is -0.562. The van der Waals surface area contributed by atoms with Gasteiger partial charge in [-0.1, -0.05) is 57.2 Å². The molecular weight excluding hydrogens is 390 g/mol. The zero-order valence-electron chi connectivity index (χ0n) is 18.3. The van der Waals surface area contributed by atoms with Gasteiger partial charge in [0.05, 0.1) is 19.9 Å². The number of nitrogens with one attached hydrogen (secondary N) is 1. The van der Waals surface area contributed by atoms with E-state index in [0.717, 1.165) is 11.1 Å². The van der Waals surface area contributed by atoms with Gasteiger partial charge in [0, 0.05) is 11.8 Å². The van der Waals surface area contributed by atoms with Gasteiger partial charge < -0.3 is 9.30 Å². The van der Waals surface area contributed by atoms with Gasteiger partial charge in [0.1, 0.15) is 11.3 Å². The van der Waals surface area contributed by atoms with E-state index in [9.17, 15) is 9.59 Å². The van der Waals surface area contributed by atoms with E-state index in [1.807, 2.05) is 30.3 Å². The van der Waals surface area contributed by atoms with Crippen molar-refractivity contribution in [2.75, 3.05) is 7.11 Å². The summed E-state index contributed by atoms with van der Waals surface area (Å²) in [6.07, 6.45) is 3.16. The van der Waals surface area contributed by atoms with Crippen molar-refractivity contribution in [2.24, 2.45) is 5.10 Å². The molecule has 6 nitrogen and oxygen atoms in total. The van der Waals surface area contributed by atoms with Crippen molar-refractivity contribution in [3.63, 3.8) is 0 Å². The van der Waals surface area contributed by atoms with Gasteiger partial charge in [-0.3, -0.25) is 9.59 Å². The highest BCUT2D eigenvalue weighted by Gasteiger charge is 2.14. The number of carbonyl (C=O) groups excluding carboxylic acids is 1. The molecule has 0 aliphatic heterocycles. The zero-order valence-corrected chi connectivity index (χ0v) is 18.3. The van der Waals surface area contributed by atoms with Crippen molar-refractivity contribution in [3.8, 4) is 5.75 Å². The normalized spacial score (nSPS) is 11.5. The Morgan fingerprint density at radius 3 is 2.45 bits per heavy atom. The maximum atomic E-state index is 12.8. The smallest absolute Gasteiger partial charge is 0.276 e. The molecule has 1 amide bonds. The number of amides is 1. The van der Waals surface area contributed by atoms with Crippen LogP contribution in [0.15, 0.2) is 76.8 Å². The summed E-state index contributed by atoms with van der Waals surface area (Å²) in [6, 6.07) is 18.6. The summed E-state index contributed by atoms with van der Waals surface area (Å²) in [5.74, 6) is 0.0774. The number of hydrogen-bond donors (Lipinski definition) is 1. The van der Waals surface area contributed by atoms with Crippen LogP contribution in [0.1, 0.15) is 47.8 Å². The second-order valence-electron chi connectivity index (χ2n) is 8.24. The van der Waals surface area contributed by atoms with Crippen molar-refractivity contribution in [2.45, 2.75) is 32.7 Å². The predicted octanol–water partition coefficient (Wildman–Crippen LogP) is 3.97. The summed E-state index contributed by atoms with van der Waals surface area (Å²) >= 11 is 0. The van der Waals surface area contributed by atoms with Crippen LogP contribution < -0.4 is 15.7 Å². The van der Waals surface area contributed by atoms with Crippen molar-refractivity contribution < 1.29 is 9.53 Å². The fraction of sp³-hybridized carbons (Fsp3) is 0.240. The van der Waals surface area contributed by atoms with Gasteiger partial charge in [-0.15, -0.1) is 0 Å². The maximum Gasteiger partial charge on any atom is 0.276 e. The molecule has 0 spiro atoms. The molecule has 0 aliphatic rings. The number of hydrazone groups is 1. The quantitative estimate of drug-likeness (QED) is 0.487. The van der Waals surface area contributed by atoms with Crippen molar-refractivity contribution in [1.29, 1.82) is 0 Å². The Morgan fingerprint density at radius 1 is 1.06 bits per heavy atom. The van der Waals surface area contributed by atoms with Crippen LogP contribution in [0.5, 0.6) is 5.75 Å². The van der Waals surface area contributed by atoms with Crippen LogP contribution in [0.25, 0.3) is 0 Å². The molecule has 2 aromatic carbocycles. The summed E-state index contributed by atoms with van der Waals surface area (Å²) in [7, 11) is 1.56. The van der Waals surface area contributed by atoms with E-state index in [-0.39, 0.29) is 16.5 Å². The molecule has 0 aliphatic carbocycles. The molecule has 3 rings (SSSR count). The topological polar surface area (TPSA) is 72.7 Å². The molecule has 0 radical (unpaired) electrons. The fourth-order valence-electron chi connectivity index (χ4n) is 3.13. The number of carbonyl (C=O) groups is 1. The molecule has 0 bridgehead atoms. The van der Waals surface area contributed by atoms with Crippen LogP contribution in [0.2, 0.25) is 0 Å². The Hall–Kier alpha value is -3.67. The summed E-state index contributed by atoms with van der Waals surface area (Å²) < 4.78 is 6.77. The van der Waals surface area contributed by atoms with E-state index in [1.54, 1.807) is 25.4 Å². The molecule has 6 heteroatoms. The highest BCUT2D eigenvalue weighted by Crippen LogP contribution is 2.22. The van der Waals surface area contributed by atoms with Gasteiger partial charge in [0.2, 0.25) is 0 Å². The van der Waals surface area contributed by atoms with E-state index in [0.29, 0.717) is 12.3 Å². The number of hydrogen-bond acceptors (Lipinski definition) is 4. The Morgan fingerprint density at radius 2 is 1.77 bits per heavy atom. The lowest BCUT2D eigenvalue weighted by molar-refractivity contribution is 0.0953. The lowest BCUT2D eigenvalue weighted by atomic mass is 9.87. The Kier molecular flexibility index (Phi) is 6.70. The molecule has 1 heterocycles. The summed E-state index contributed by atoms with van der Waals surface area (Å²) in [6.45, 7) is 6.86. The van der Waals surface area contributed by atoms with Crippen LogP contribution >= 0.6 is 0 Å². The number of methoxy groups -OCH3 is 1. The first-order valence-electron chi connectivity index (χ1n) is 10.0. The monoisotopic (exact) mass is 417 g/mol. The first kappa shape index (κ1) is 22.0. The van der Waals surface area contributed by atoms with Crippen molar-refractivity contribution >= 4 is 12.1 Å². The largest absolute Gasteiger partial charge is 0.496 e. The minimum absolute atomic E-state index is 0.0333. The molecule has 0 saturated heterocycles. The average molecular weight is 418 g/mol. The second kappa shape index (κ2) is 9.43. The van der Waals surface area contributed by atoms with Crippen LogP contribution in [0.4, 0.5) is 0 Å². The molecule has 31 heavy (non-hydrogen) atoms. The fourth-order valence-corrected chi connectivity index (χ4v) is 3.13. The molecule has 1 aromatic heterocycles. The van der Waals surface area contributed by atoms with Gasteiger partial charge in [-0.25, -0.2) is 5.43 Å². The highest BCUT2D eigenvalue weighted by atomic mass is 16.5. The van der Waals surface area contributed by atoms with Crippen molar-refractivity contribution in [1.82, 2.24) is 9.99 Å². The number of pyridine rings is 1. The van der Waals surface area contributed by atoms with E-state index in [2.05, 4.69) is 43.4 Å². The van der Waals surface area contributed by atoms with E-state index >= 15 is 0 Å². The van der Waals surface area contributed by atoms with Gasteiger partial charge in [-0.05, 0) is 40.8 Å². The first-order chi connectivity index (χ1) is 14.8. The SMILES string of the molecule is COc1ccccc1/C=N\NC(=O)c1cccn(Cc2ccc(C(C)(C)C)cc2)c1=O. The van der Waals surface area contributed by atoms with Crippen LogP contribution in [0, 0.1) is 0 Å². The van der Waals surface area contributed by atoms with Gasteiger partial charge in [0.25, 0.3) is 11.5 Å². The number of aromatic nitrogens is 1. The van der Waals surface area contributed by atoms with Crippen LogP contribution in [-0.2, 0) is 12.0 Å². The summed E-state index contributed by atoms with van der Waals surface area (Å²) in [4.78, 5) is 25.3. The molecule has 0 atom stereocenters. The summed E-state index contributed by atoms with van der Waals surface area (Å²) in [5.41, 5.74) is 5.08. The van der Waals surface area contributed by atoms with Crippen molar-refractivity contribution in [3.05, 3.63) is 99.5 Å². The zero-order chi connectivity index (χ0) is 22.4. The van der Waals surface area contributed by atoms with E-state index in [4.69, 9.17) is 4.74 Å². The number of para-hydroxylation sites is 1. The molecule has 0 fully saturated rings. The maximum absolute atomic E-state index is 12.8. The highest BCUT2D eigenvalue weighted by molar-refractivity contribution is 5.94. The molecule has 1 N–H and O–H groups in total. The lowest BCUT2D eigenvalue weighted by Crippen LogP contribution is -2.30. The third-order valence-electron chi connectivity index (χ3n) is 4.95. The van der Waals surface area contributed by atoms with Gasteiger partial charge in [0.15, 0.2) is 0 Å². The van der Waals surface area contributed by atoms with E-state index < -0.39 is 5.91 Å². The Labute approximate surface area is 182 Å². The Balaban J connectivity index is 1.73. The standard InChI is InChI=1S/C25H27N3O3/c1-25(2,3)20-13-11-18(12-14-20)17-28-15-7-9-21(24(28)30)23(29)27-26-16-19-8-5-6-10-22(19)31-4/h5-16H,17H2,1-4H3,(H,27,29)/b26-16-. The second-order valence-corrected chi connectivity index (χ2v) is 8.24. The third kappa shape index (κ3) is 5.48. The van der Waals surface area contributed by atoms with Crippen LogP contribution in [0.3, 0.4) is 0 Å². The molecule has 0 saturated carbocycles. The number of rotatable bonds is 6. The predicted molar refractivity (Wildman–Crippen MR) is 123 cm³/mol. The summed E-state index contributed by atoms with van der Waals surface area (Å²) in [5, 5.41) is 3.96. The van der Waals surface area contributed by atoms with E-state index in [1.165, 1.54) is 22.4 Å². The molecule has 3 aromatic rings. The molecular formula is C25H27N3O3. The first-order valence-corrected chi connectivity index (χ1v) is 10.0. The third-order valence-corrected chi connectivity index (χ3v) is 4.95. The van der Waals surface area contributed by atoms with Gasteiger partial charge >= 0.3 is 0 Å². The molecule has 0 unspecified atom stereocenters. The number of benzene rings is 2. The number of nitrogens with zero attached hydrogens (tertiary/aromatic N) is 2.